The van der Waals surface area contributed by atoms with Gasteiger partial charge in [0.2, 0.25) is 0 Å². The van der Waals surface area contributed by atoms with Gasteiger partial charge in [-0.25, -0.2) is 0 Å². The van der Waals surface area contributed by atoms with Crippen molar-refractivity contribution in [2.75, 3.05) is 11.9 Å². The summed E-state index contributed by atoms with van der Waals surface area (Å²) in [4.78, 5) is 22.4. The summed E-state index contributed by atoms with van der Waals surface area (Å²) in [5.41, 5.74) is 0.763. The number of nitriles is 1. The first-order chi connectivity index (χ1) is 12.9. The predicted molar refractivity (Wildman–Crippen MR) is 106 cm³/mol. The minimum absolute atomic E-state index is 0.0613. The minimum atomic E-state index is -0.713. The molecule has 0 aliphatic carbocycles. The molecule has 0 aromatic heterocycles. The highest BCUT2D eigenvalue weighted by Gasteiger charge is 2.14. The zero-order valence-electron chi connectivity index (χ0n) is 13.9. The van der Waals surface area contributed by atoms with Gasteiger partial charge in [-0.05, 0) is 30.2 Å². The van der Waals surface area contributed by atoms with Crippen molar-refractivity contribution in [2.45, 2.75) is 6.42 Å². The van der Waals surface area contributed by atoms with Crippen molar-refractivity contribution < 1.29 is 9.72 Å². The summed E-state index contributed by atoms with van der Waals surface area (Å²) in [6, 6.07) is 13.3. The molecule has 0 aliphatic rings. The maximum absolute atomic E-state index is 12.2. The van der Waals surface area contributed by atoms with Crippen LogP contribution >= 0.6 is 27.5 Å². The second-order valence-corrected chi connectivity index (χ2v) is 6.70. The van der Waals surface area contributed by atoms with Crippen LogP contribution in [0, 0.1) is 21.4 Å². The highest BCUT2D eigenvalue weighted by molar-refractivity contribution is 9.10. The molecular weight excluding hydrogens is 436 g/mol. The van der Waals surface area contributed by atoms with Gasteiger partial charge in [0.1, 0.15) is 11.6 Å². The molecule has 0 heterocycles. The average Bonchev–Trinajstić information content (AvgIpc) is 2.63. The van der Waals surface area contributed by atoms with E-state index in [1.807, 2.05) is 24.3 Å². The van der Waals surface area contributed by atoms with Crippen LogP contribution in [0.15, 0.2) is 58.7 Å². The van der Waals surface area contributed by atoms with E-state index in [2.05, 4.69) is 26.6 Å². The lowest BCUT2D eigenvalue weighted by molar-refractivity contribution is -0.384. The van der Waals surface area contributed by atoms with Crippen molar-refractivity contribution >= 4 is 44.8 Å². The molecule has 2 rings (SSSR count). The van der Waals surface area contributed by atoms with Gasteiger partial charge in [-0.15, -0.1) is 0 Å². The smallest absolute Gasteiger partial charge is 0.271 e. The lowest BCUT2D eigenvalue weighted by atomic mass is 10.1. The number of carbonyl (C=O) groups excluding carboxylic acids is 1. The first kappa shape index (κ1) is 20.4. The van der Waals surface area contributed by atoms with Gasteiger partial charge in [0, 0.05) is 29.4 Å². The third kappa shape index (κ3) is 6.09. The number of hydrogen-bond acceptors (Lipinski definition) is 5. The number of non-ortho nitro benzene ring substituents is 1. The number of rotatable bonds is 7. The minimum Gasteiger partial charge on any atom is -0.389 e. The van der Waals surface area contributed by atoms with Crippen LogP contribution in [0.5, 0.6) is 0 Å². The van der Waals surface area contributed by atoms with Gasteiger partial charge in [0.15, 0.2) is 0 Å². The number of halogens is 2. The second-order valence-electron chi connectivity index (χ2n) is 5.38. The molecule has 0 saturated carbocycles. The summed E-state index contributed by atoms with van der Waals surface area (Å²) < 4.78 is 0.974. The van der Waals surface area contributed by atoms with Crippen LogP contribution in [0.2, 0.25) is 5.02 Å². The Morgan fingerprint density at radius 3 is 2.78 bits per heavy atom. The van der Waals surface area contributed by atoms with Crippen LogP contribution in [0.1, 0.15) is 5.56 Å². The molecule has 2 aromatic rings. The number of amides is 1. The van der Waals surface area contributed by atoms with E-state index < -0.39 is 10.8 Å². The standard InChI is InChI=1S/C18H14BrClN4O3/c19-14-3-1-2-12(8-14)6-7-22-11-13(10-21)18(25)23-17-9-15(24(26)27)4-5-16(17)20/h1-5,8-9,11,22H,6-7H2,(H,23,25)/b13-11-. The highest BCUT2D eigenvalue weighted by Crippen LogP contribution is 2.27. The molecular formula is C18H14BrClN4O3. The van der Waals surface area contributed by atoms with Crippen molar-refractivity contribution in [1.82, 2.24) is 5.32 Å². The van der Waals surface area contributed by atoms with E-state index in [0.29, 0.717) is 13.0 Å². The molecule has 0 unspecified atom stereocenters. The number of hydrogen-bond donors (Lipinski definition) is 2. The molecule has 0 bridgehead atoms. The molecule has 138 valence electrons. The molecule has 2 aromatic carbocycles. The van der Waals surface area contributed by atoms with Gasteiger partial charge in [-0.3, -0.25) is 14.9 Å². The zero-order chi connectivity index (χ0) is 19.8. The Morgan fingerprint density at radius 2 is 2.11 bits per heavy atom. The van der Waals surface area contributed by atoms with Crippen LogP contribution in [-0.4, -0.2) is 17.4 Å². The molecule has 7 nitrogen and oxygen atoms in total. The highest BCUT2D eigenvalue weighted by atomic mass is 79.9. The molecule has 0 aliphatic heterocycles. The Kier molecular flexibility index (Phi) is 7.34. The first-order valence-electron chi connectivity index (χ1n) is 7.74. The number of nitrogens with zero attached hydrogens (tertiary/aromatic N) is 2. The largest absolute Gasteiger partial charge is 0.389 e. The van der Waals surface area contributed by atoms with Crippen LogP contribution in [-0.2, 0) is 11.2 Å². The van der Waals surface area contributed by atoms with E-state index in [9.17, 15) is 20.2 Å². The summed E-state index contributed by atoms with van der Waals surface area (Å²) in [6.45, 7) is 0.520. The first-order valence-corrected chi connectivity index (χ1v) is 8.91. The molecule has 0 fully saturated rings. The summed E-state index contributed by atoms with van der Waals surface area (Å²) in [5, 5.41) is 25.5. The fraction of sp³-hybridized carbons (Fsp3) is 0.111. The van der Waals surface area contributed by atoms with Gasteiger partial charge in [0.25, 0.3) is 11.6 Å². The molecule has 0 saturated heterocycles. The predicted octanol–water partition coefficient (Wildman–Crippen LogP) is 4.19. The normalized spacial score (nSPS) is 10.8. The van der Waals surface area contributed by atoms with Gasteiger partial charge in [0.05, 0.1) is 15.6 Å². The quantitative estimate of drug-likeness (QED) is 0.217. The Bertz CT molecular complexity index is 940. The van der Waals surface area contributed by atoms with E-state index in [-0.39, 0.29) is 22.0 Å². The zero-order valence-corrected chi connectivity index (χ0v) is 16.3. The Morgan fingerprint density at radius 1 is 1.33 bits per heavy atom. The molecule has 0 spiro atoms. The van der Waals surface area contributed by atoms with E-state index in [4.69, 9.17) is 11.6 Å². The summed E-state index contributed by atoms with van der Waals surface area (Å²) in [6.07, 6.45) is 2.01. The van der Waals surface area contributed by atoms with Crippen molar-refractivity contribution in [3.63, 3.8) is 0 Å². The van der Waals surface area contributed by atoms with Crippen LogP contribution in [0.3, 0.4) is 0 Å². The number of carbonyl (C=O) groups is 1. The second kappa shape index (κ2) is 9.71. The average molecular weight is 450 g/mol. The van der Waals surface area contributed by atoms with Crippen molar-refractivity contribution in [3.05, 3.63) is 79.4 Å². The molecule has 0 atom stereocenters. The van der Waals surface area contributed by atoms with Crippen molar-refractivity contribution in [1.29, 1.82) is 5.26 Å². The molecule has 27 heavy (non-hydrogen) atoms. The Labute approximate surface area is 168 Å². The van der Waals surface area contributed by atoms with Crippen LogP contribution in [0.4, 0.5) is 11.4 Å². The topological polar surface area (TPSA) is 108 Å². The monoisotopic (exact) mass is 448 g/mol. The van der Waals surface area contributed by atoms with Crippen LogP contribution in [0.25, 0.3) is 0 Å². The van der Waals surface area contributed by atoms with Crippen molar-refractivity contribution in [2.24, 2.45) is 0 Å². The fourth-order valence-corrected chi connectivity index (χ4v) is 2.76. The van der Waals surface area contributed by atoms with Gasteiger partial charge in [-0.2, -0.15) is 5.26 Å². The molecule has 1 amide bonds. The van der Waals surface area contributed by atoms with Crippen LogP contribution < -0.4 is 10.6 Å². The summed E-state index contributed by atoms with van der Waals surface area (Å²) in [7, 11) is 0. The van der Waals surface area contributed by atoms with Crippen molar-refractivity contribution in [3.8, 4) is 6.07 Å². The van der Waals surface area contributed by atoms with E-state index >= 15 is 0 Å². The molecule has 2 N–H and O–H groups in total. The summed E-state index contributed by atoms with van der Waals surface area (Å²) >= 11 is 9.34. The maximum Gasteiger partial charge on any atom is 0.271 e. The van der Waals surface area contributed by atoms with E-state index in [1.165, 1.54) is 18.3 Å². The SMILES string of the molecule is N#C/C(=C/NCCc1cccc(Br)c1)C(=O)Nc1cc([N+](=O)[O-])ccc1Cl. The molecule has 9 heteroatoms. The van der Waals surface area contributed by atoms with E-state index in [1.54, 1.807) is 6.07 Å². The lowest BCUT2D eigenvalue weighted by Gasteiger charge is -2.07. The van der Waals surface area contributed by atoms with Gasteiger partial charge in [-0.1, -0.05) is 39.7 Å². The fourth-order valence-electron chi connectivity index (χ4n) is 2.14. The van der Waals surface area contributed by atoms with E-state index in [0.717, 1.165) is 16.1 Å². The molecule has 0 radical (unpaired) electrons. The number of nitro groups is 1. The summed E-state index contributed by atoms with van der Waals surface area (Å²) in [5.74, 6) is -0.713. The Hall–Kier alpha value is -2.89. The third-order valence-electron chi connectivity index (χ3n) is 3.47. The van der Waals surface area contributed by atoms with Gasteiger partial charge >= 0.3 is 0 Å². The number of nitrogens with one attached hydrogen (secondary N) is 2. The van der Waals surface area contributed by atoms with Gasteiger partial charge < -0.3 is 10.6 Å². The Balaban J connectivity index is 1.99. The maximum atomic E-state index is 12.2. The number of anilines is 1. The number of benzene rings is 2. The number of nitro benzene ring substituents is 1. The lowest BCUT2D eigenvalue weighted by Crippen LogP contribution is -2.18. The third-order valence-corrected chi connectivity index (χ3v) is 4.29.